The van der Waals surface area contributed by atoms with Crippen LogP contribution in [0.2, 0.25) is 0 Å². The van der Waals surface area contributed by atoms with Gasteiger partial charge in [-0.3, -0.25) is 4.79 Å². The van der Waals surface area contributed by atoms with E-state index in [0.717, 1.165) is 22.4 Å². The van der Waals surface area contributed by atoms with E-state index in [-0.39, 0.29) is 0 Å². The molecule has 0 bridgehead atoms. The lowest BCUT2D eigenvalue weighted by Crippen LogP contribution is -2.26. The van der Waals surface area contributed by atoms with E-state index in [2.05, 4.69) is 0 Å². The molecule has 17 heavy (non-hydrogen) atoms. The van der Waals surface area contributed by atoms with Crippen LogP contribution in [0.15, 0.2) is 12.1 Å². The average Bonchev–Trinajstić information content (AvgIpc) is 2.22. The van der Waals surface area contributed by atoms with E-state index in [1.807, 2.05) is 26.0 Å². The largest absolute Gasteiger partial charge is 0.496 e. The molecule has 1 aromatic rings. The second-order valence-electron chi connectivity index (χ2n) is 5.11. The van der Waals surface area contributed by atoms with Gasteiger partial charge in [0.2, 0.25) is 0 Å². The van der Waals surface area contributed by atoms with E-state index in [1.54, 1.807) is 21.0 Å². The third-order valence-electron chi connectivity index (χ3n) is 3.11. The molecule has 1 aromatic carbocycles. The highest BCUT2D eigenvalue weighted by Gasteiger charge is 2.28. The van der Waals surface area contributed by atoms with Crippen molar-refractivity contribution >= 4 is 5.97 Å². The zero-order chi connectivity index (χ0) is 13.2. The van der Waals surface area contributed by atoms with Crippen molar-refractivity contribution in [2.24, 2.45) is 5.41 Å². The molecule has 0 saturated carbocycles. The van der Waals surface area contributed by atoms with Gasteiger partial charge in [0.1, 0.15) is 5.75 Å². The number of methoxy groups -OCH3 is 1. The first-order valence-corrected chi connectivity index (χ1v) is 5.65. The van der Waals surface area contributed by atoms with Crippen molar-refractivity contribution in [1.29, 1.82) is 0 Å². The predicted octanol–water partition coefficient (Wildman–Crippen LogP) is 2.97. The molecule has 0 aliphatic carbocycles. The van der Waals surface area contributed by atoms with Crippen LogP contribution in [0.4, 0.5) is 0 Å². The first kappa shape index (κ1) is 13.6. The minimum atomic E-state index is -0.794. The lowest BCUT2D eigenvalue weighted by molar-refractivity contribution is -0.146. The van der Waals surface area contributed by atoms with Crippen molar-refractivity contribution in [3.8, 4) is 5.75 Å². The van der Waals surface area contributed by atoms with Crippen molar-refractivity contribution in [1.82, 2.24) is 0 Å². The summed E-state index contributed by atoms with van der Waals surface area (Å²) in [6.45, 7) is 7.49. The fourth-order valence-corrected chi connectivity index (χ4v) is 1.73. The Kier molecular flexibility index (Phi) is 3.81. The number of carboxylic acids is 1. The van der Waals surface area contributed by atoms with Gasteiger partial charge in [0.25, 0.3) is 0 Å². The normalized spacial score (nSPS) is 11.4. The lowest BCUT2D eigenvalue weighted by atomic mass is 9.85. The number of hydrogen-bond acceptors (Lipinski definition) is 2. The second kappa shape index (κ2) is 4.78. The third-order valence-corrected chi connectivity index (χ3v) is 3.11. The molecule has 3 nitrogen and oxygen atoms in total. The minimum Gasteiger partial charge on any atom is -0.496 e. The first-order chi connectivity index (χ1) is 7.77. The Morgan fingerprint density at radius 2 is 1.82 bits per heavy atom. The zero-order valence-corrected chi connectivity index (χ0v) is 11.1. The van der Waals surface area contributed by atoms with Crippen molar-refractivity contribution in [3.63, 3.8) is 0 Å². The van der Waals surface area contributed by atoms with E-state index in [1.165, 1.54) is 0 Å². The molecule has 0 aliphatic heterocycles. The monoisotopic (exact) mass is 236 g/mol. The second-order valence-corrected chi connectivity index (χ2v) is 5.11. The molecular weight excluding hydrogens is 216 g/mol. The van der Waals surface area contributed by atoms with Crippen LogP contribution in [0.3, 0.4) is 0 Å². The van der Waals surface area contributed by atoms with Gasteiger partial charge in [-0.1, -0.05) is 6.07 Å². The van der Waals surface area contributed by atoms with Crippen LogP contribution in [0, 0.1) is 19.3 Å². The summed E-state index contributed by atoms with van der Waals surface area (Å²) >= 11 is 0. The number of benzene rings is 1. The zero-order valence-electron chi connectivity index (χ0n) is 11.1. The van der Waals surface area contributed by atoms with Crippen molar-refractivity contribution in [3.05, 3.63) is 28.8 Å². The summed E-state index contributed by atoms with van der Waals surface area (Å²) in [6.07, 6.45) is 0.465. The van der Waals surface area contributed by atoms with Crippen molar-refractivity contribution in [2.75, 3.05) is 7.11 Å². The van der Waals surface area contributed by atoms with Gasteiger partial charge >= 0.3 is 5.97 Å². The van der Waals surface area contributed by atoms with Crippen LogP contribution in [0.25, 0.3) is 0 Å². The van der Waals surface area contributed by atoms with E-state index >= 15 is 0 Å². The van der Waals surface area contributed by atoms with E-state index in [4.69, 9.17) is 9.84 Å². The summed E-state index contributed by atoms with van der Waals surface area (Å²) in [4.78, 5) is 11.1. The minimum absolute atomic E-state index is 0.465. The lowest BCUT2D eigenvalue weighted by Gasteiger charge is -2.21. The molecule has 0 spiro atoms. The van der Waals surface area contributed by atoms with E-state index < -0.39 is 11.4 Å². The van der Waals surface area contributed by atoms with Gasteiger partial charge in [-0.05, 0) is 56.9 Å². The molecule has 3 heteroatoms. The molecule has 1 N–H and O–H groups in total. The molecule has 0 saturated heterocycles. The van der Waals surface area contributed by atoms with Crippen LogP contribution in [-0.4, -0.2) is 18.2 Å². The summed E-state index contributed by atoms with van der Waals surface area (Å²) in [5.41, 5.74) is 2.47. The number of hydrogen-bond donors (Lipinski definition) is 1. The highest BCUT2D eigenvalue weighted by atomic mass is 16.5. The number of aryl methyl sites for hydroxylation is 2. The predicted molar refractivity (Wildman–Crippen MR) is 67.6 cm³/mol. The molecule has 1 rings (SSSR count). The maximum absolute atomic E-state index is 11.1. The smallest absolute Gasteiger partial charge is 0.309 e. The van der Waals surface area contributed by atoms with Crippen LogP contribution >= 0.6 is 0 Å². The Morgan fingerprint density at radius 1 is 1.29 bits per heavy atom. The number of aliphatic carboxylic acids is 1. The van der Waals surface area contributed by atoms with Gasteiger partial charge in [0.15, 0.2) is 0 Å². The number of carbonyl (C=O) groups is 1. The summed E-state index contributed by atoms with van der Waals surface area (Å²) in [5, 5.41) is 9.15. The Balaban J connectivity index is 3.14. The molecule has 0 aromatic heterocycles. The van der Waals surface area contributed by atoms with Crippen LogP contribution in [0.1, 0.15) is 30.5 Å². The number of rotatable bonds is 4. The molecule has 0 unspecified atom stereocenters. The fraction of sp³-hybridized carbons (Fsp3) is 0.500. The molecule has 0 fully saturated rings. The van der Waals surface area contributed by atoms with Gasteiger partial charge in [-0.15, -0.1) is 0 Å². The standard InChI is InChI=1S/C14H20O3/c1-9-6-11(8-14(3,4)13(15)16)12(17-5)7-10(9)2/h6-7H,8H2,1-5H3,(H,15,16). The third kappa shape index (κ3) is 2.99. The summed E-state index contributed by atoms with van der Waals surface area (Å²) in [5.74, 6) is -0.0276. The molecule has 0 radical (unpaired) electrons. The van der Waals surface area contributed by atoms with Gasteiger partial charge in [0, 0.05) is 0 Å². The molecule has 94 valence electrons. The fourth-order valence-electron chi connectivity index (χ4n) is 1.73. The van der Waals surface area contributed by atoms with Crippen molar-refractivity contribution < 1.29 is 14.6 Å². The maximum Gasteiger partial charge on any atom is 0.309 e. The summed E-state index contributed by atoms with van der Waals surface area (Å²) in [6, 6.07) is 3.97. The quantitative estimate of drug-likeness (QED) is 0.874. The first-order valence-electron chi connectivity index (χ1n) is 5.65. The topological polar surface area (TPSA) is 46.5 Å². The molecule has 0 aliphatic rings. The summed E-state index contributed by atoms with van der Waals surface area (Å²) in [7, 11) is 1.61. The SMILES string of the molecule is COc1cc(C)c(C)cc1CC(C)(C)C(=O)O. The van der Waals surface area contributed by atoms with Crippen LogP contribution < -0.4 is 4.74 Å². The Labute approximate surface area is 102 Å². The van der Waals surface area contributed by atoms with Crippen molar-refractivity contribution in [2.45, 2.75) is 34.1 Å². The van der Waals surface area contributed by atoms with Crippen LogP contribution in [0.5, 0.6) is 5.75 Å². The Hall–Kier alpha value is -1.51. The van der Waals surface area contributed by atoms with Gasteiger partial charge in [-0.25, -0.2) is 0 Å². The average molecular weight is 236 g/mol. The maximum atomic E-state index is 11.1. The van der Waals surface area contributed by atoms with Gasteiger partial charge in [0.05, 0.1) is 12.5 Å². The molecule has 0 heterocycles. The number of carboxylic acid groups (broad SMARTS) is 1. The number of ether oxygens (including phenoxy) is 1. The Bertz CT molecular complexity index is 433. The highest BCUT2D eigenvalue weighted by Crippen LogP contribution is 2.30. The molecular formula is C14H20O3. The van der Waals surface area contributed by atoms with Gasteiger partial charge < -0.3 is 9.84 Å². The van der Waals surface area contributed by atoms with Gasteiger partial charge in [-0.2, -0.15) is 0 Å². The van der Waals surface area contributed by atoms with E-state index in [9.17, 15) is 4.79 Å². The Morgan fingerprint density at radius 3 is 2.29 bits per heavy atom. The molecule has 0 atom stereocenters. The highest BCUT2D eigenvalue weighted by molar-refractivity contribution is 5.74. The van der Waals surface area contributed by atoms with E-state index in [0.29, 0.717) is 6.42 Å². The summed E-state index contributed by atoms with van der Waals surface area (Å²) < 4.78 is 5.31. The van der Waals surface area contributed by atoms with Crippen LogP contribution in [-0.2, 0) is 11.2 Å². The molecule has 0 amide bonds.